The van der Waals surface area contributed by atoms with Crippen molar-refractivity contribution in [2.75, 3.05) is 43.9 Å². The first kappa shape index (κ1) is 32.2. The molecule has 1 saturated heterocycles. The Kier molecular flexibility index (Phi) is 9.66. The van der Waals surface area contributed by atoms with Gasteiger partial charge < -0.3 is 15.5 Å². The monoisotopic (exact) mass is 627 g/mol. The molecule has 2 aromatic heterocycles. The Morgan fingerprint density at radius 3 is 2.46 bits per heavy atom. The van der Waals surface area contributed by atoms with E-state index in [0.717, 1.165) is 24.7 Å². The second kappa shape index (κ2) is 13.8. The van der Waals surface area contributed by atoms with Crippen LogP contribution in [0.25, 0.3) is 0 Å². The van der Waals surface area contributed by atoms with Gasteiger partial charge in [-0.2, -0.15) is 23.5 Å². The van der Waals surface area contributed by atoms with Gasteiger partial charge in [0.25, 0.3) is 5.91 Å². The minimum absolute atomic E-state index is 0.0612. The topological polar surface area (TPSA) is 115 Å². The summed E-state index contributed by atoms with van der Waals surface area (Å²) in [5.74, 6) is 5.81. The molecule has 0 bridgehead atoms. The molecule has 2 aromatic carbocycles. The number of piperazine rings is 1. The maximum atomic E-state index is 14.0. The van der Waals surface area contributed by atoms with Crippen LogP contribution in [0, 0.1) is 37.0 Å². The van der Waals surface area contributed by atoms with Gasteiger partial charge >= 0.3 is 6.18 Å². The normalized spacial score (nSPS) is 13.8. The molecule has 236 valence electrons. The van der Waals surface area contributed by atoms with Crippen molar-refractivity contribution in [3.05, 3.63) is 94.1 Å². The highest BCUT2D eigenvalue weighted by atomic mass is 19.4. The number of benzene rings is 2. The van der Waals surface area contributed by atoms with Gasteiger partial charge in [0, 0.05) is 61.9 Å². The van der Waals surface area contributed by atoms with Crippen molar-refractivity contribution in [2.45, 2.75) is 33.1 Å². The lowest BCUT2D eigenvalue weighted by atomic mass is 10.0. The molecule has 0 spiro atoms. The van der Waals surface area contributed by atoms with Crippen LogP contribution in [0.1, 0.15) is 43.9 Å². The highest BCUT2D eigenvalue weighted by molar-refractivity contribution is 6.04. The molecular formula is C33H32F3N9O. The average Bonchev–Trinajstić information content (AvgIpc) is 3.36. The summed E-state index contributed by atoms with van der Waals surface area (Å²) in [6, 6.07) is 10.9. The molecule has 2 N–H and O–H groups in total. The highest BCUT2D eigenvalue weighted by Crippen LogP contribution is 2.35. The van der Waals surface area contributed by atoms with E-state index in [1.54, 1.807) is 43.7 Å². The van der Waals surface area contributed by atoms with E-state index < -0.39 is 17.6 Å². The summed E-state index contributed by atoms with van der Waals surface area (Å²) in [5, 5.41) is 18.8. The molecule has 13 heteroatoms. The average molecular weight is 628 g/mol. The Balaban J connectivity index is 1.27. The fraction of sp³-hybridized carbons (Fsp3) is 0.303. The van der Waals surface area contributed by atoms with Crippen LogP contribution in [0.15, 0.2) is 55.0 Å². The van der Waals surface area contributed by atoms with Crippen LogP contribution in [-0.2, 0) is 19.3 Å². The third kappa shape index (κ3) is 8.07. The molecule has 1 aliphatic heterocycles. The Morgan fingerprint density at radius 1 is 1.02 bits per heavy atom. The van der Waals surface area contributed by atoms with E-state index in [2.05, 4.69) is 42.4 Å². The van der Waals surface area contributed by atoms with Crippen LogP contribution in [0.3, 0.4) is 0 Å². The molecule has 5 rings (SSSR count). The number of anilines is 3. The summed E-state index contributed by atoms with van der Waals surface area (Å²) < 4.78 is 43.5. The van der Waals surface area contributed by atoms with Gasteiger partial charge in [-0.05, 0) is 56.3 Å². The number of alkyl halides is 3. The van der Waals surface area contributed by atoms with Crippen molar-refractivity contribution >= 4 is 23.2 Å². The number of halogens is 3. The highest BCUT2D eigenvalue weighted by Gasteiger charge is 2.34. The number of hydrogen-bond acceptors (Lipinski definition) is 8. The number of nitrogens with one attached hydrogen (secondary N) is 2. The lowest BCUT2D eigenvalue weighted by Crippen LogP contribution is -2.44. The Bertz CT molecular complexity index is 1820. The Hall–Kier alpha value is -5.24. The van der Waals surface area contributed by atoms with Gasteiger partial charge in [0.15, 0.2) is 0 Å². The van der Waals surface area contributed by atoms with Crippen molar-refractivity contribution < 1.29 is 18.0 Å². The number of nitrogens with zero attached hydrogens (tertiary/aromatic N) is 7. The SMILES string of the molecule is Cc1ccc(C(=O)Nc2ccc(CN3CCN(C)CC3)c(C(F)(F)F)c2)cc1C#Cc1cnc(Nc2cn(CC#N)nc2C)nc1. The van der Waals surface area contributed by atoms with Gasteiger partial charge in [0.2, 0.25) is 5.95 Å². The van der Waals surface area contributed by atoms with Crippen LogP contribution >= 0.6 is 0 Å². The zero-order valence-corrected chi connectivity index (χ0v) is 25.6. The van der Waals surface area contributed by atoms with Gasteiger partial charge in [0.1, 0.15) is 6.54 Å². The smallest absolute Gasteiger partial charge is 0.322 e. The maximum absolute atomic E-state index is 14.0. The maximum Gasteiger partial charge on any atom is 0.416 e. The van der Waals surface area contributed by atoms with Crippen LogP contribution in [0.4, 0.5) is 30.5 Å². The molecule has 4 aromatic rings. The lowest BCUT2D eigenvalue weighted by Gasteiger charge is -2.33. The largest absolute Gasteiger partial charge is 0.416 e. The van der Waals surface area contributed by atoms with E-state index >= 15 is 0 Å². The number of carbonyl (C=O) groups is 1. The zero-order valence-electron chi connectivity index (χ0n) is 25.6. The molecule has 1 fully saturated rings. The van der Waals surface area contributed by atoms with E-state index in [4.69, 9.17) is 5.26 Å². The van der Waals surface area contributed by atoms with Crippen molar-refractivity contribution in [3.63, 3.8) is 0 Å². The summed E-state index contributed by atoms with van der Waals surface area (Å²) in [5.41, 5.74) is 3.05. The zero-order chi connectivity index (χ0) is 32.8. The van der Waals surface area contributed by atoms with Gasteiger partial charge in [0.05, 0.1) is 34.8 Å². The molecule has 3 heterocycles. The number of nitriles is 1. The second-order valence-corrected chi connectivity index (χ2v) is 11.1. The van der Waals surface area contributed by atoms with E-state index in [1.807, 2.05) is 24.9 Å². The summed E-state index contributed by atoms with van der Waals surface area (Å²) in [6.45, 7) is 6.96. The van der Waals surface area contributed by atoms with Crippen LogP contribution in [0.2, 0.25) is 0 Å². The first-order valence-corrected chi connectivity index (χ1v) is 14.5. The third-order valence-electron chi connectivity index (χ3n) is 7.58. The van der Waals surface area contributed by atoms with E-state index in [1.165, 1.54) is 16.8 Å². The van der Waals surface area contributed by atoms with Crippen molar-refractivity contribution in [3.8, 4) is 17.9 Å². The Morgan fingerprint density at radius 2 is 1.76 bits per heavy atom. The van der Waals surface area contributed by atoms with Gasteiger partial charge in [-0.1, -0.05) is 24.0 Å². The Labute approximate surface area is 264 Å². The molecule has 0 aliphatic carbocycles. The van der Waals surface area contributed by atoms with Crippen molar-refractivity contribution in [1.82, 2.24) is 29.5 Å². The fourth-order valence-electron chi connectivity index (χ4n) is 4.92. The predicted octanol–water partition coefficient (Wildman–Crippen LogP) is 4.98. The minimum Gasteiger partial charge on any atom is -0.322 e. The molecule has 0 unspecified atom stereocenters. The number of rotatable bonds is 7. The molecule has 1 aliphatic rings. The first-order valence-electron chi connectivity index (χ1n) is 14.5. The second-order valence-electron chi connectivity index (χ2n) is 11.1. The quantitative estimate of drug-likeness (QED) is 0.276. The van der Waals surface area contributed by atoms with Gasteiger partial charge in [-0.3, -0.25) is 14.4 Å². The standard InChI is InChI=1S/C33H32F3N9O/c1-22-4-6-26(16-25(22)7-5-24-18-38-32(39-19-24)41-30-21-45(11-10-37)42-23(30)2)31(46)40-28-9-8-27(29(17-28)33(34,35)36)20-44-14-12-43(3)13-15-44/h4,6,8-9,16-19,21H,11-15,20H2,1-3H3,(H,40,46)(H,38,39,41). The number of aromatic nitrogens is 4. The van der Waals surface area contributed by atoms with Gasteiger partial charge in [-0.15, -0.1) is 0 Å². The third-order valence-corrected chi connectivity index (χ3v) is 7.58. The predicted molar refractivity (Wildman–Crippen MR) is 167 cm³/mol. The number of amides is 1. The number of hydrogen-bond donors (Lipinski definition) is 2. The lowest BCUT2D eigenvalue weighted by molar-refractivity contribution is -0.138. The molecular weight excluding hydrogens is 595 g/mol. The molecule has 0 radical (unpaired) electrons. The van der Waals surface area contributed by atoms with E-state index in [9.17, 15) is 18.0 Å². The van der Waals surface area contributed by atoms with E-state index in [0.29, 0.717) is 41.5 Å². The number of carbonyl (C=O) groups excluding carboxylic acids is 1. The van der Waals surface area contributed by atoms with Crippen molar-refractivity contribution in [2.24, 2.45) is 0 Å². The minimum atomic E-state index is -4.56. The summed E-state index contributed by atoms with van der Waals surface area (Å²) in [4.78, 5) is 25.8. The fourth-order valence-corrected chi connectivity index (χ4v) is 4.92. The molecule has 1 amide bonds. The number of aryl methyl sites for hydroxylation is 2. The first-order chi connectivity index (χ1) is 22.0. The van der Waals surface area contributed by atoms with Crippen LogP contribution < -0.4 is 10.6 Å². The summed E-state index contributed by atoms with van der Waals surface area (Å²) >= 11 is 0. The molecule has 0 saturated carbocycles. The molecule has 10 nitrogen and oxygen atoms in total. The van der Waals surface area contributed by atoms with E-state index in [-0.39, 0.29) is 29.9 Å². The van der Waals surface area contributed by atoms with Crippen LogP contribution in [-0.4, -0.2) is 68.7 Å². The van der Waals surface area contributed by atoms with Crippen molar-refractivity contribution in [1.29, 1.82) is 5.26 Å². The molecule has 46 heavy (non-hydrogen) atoms. The van der Waals surface area contributed by atoms with Gasteiger partial charge in [-0.25, -0.2) is 9.97 Å². The summed E-state index contributed by atoms with van der Waals surface area (Å²) in [6.07, 6.45) is 0.235. The molecule has 0 atom stereocenters. The summed E-state index contributed by atoms with van der Waals surface area (Å²) in [7, 11) is 1.99. The van der Waals surface area contributed by atoms with Crippen LogP contribution in [0.5, 0.6) is 0 Å². The number of likely N-dealkylation sites (N-methyl/N-ethyl adjacent to an activating group) is 1.